The van der Waals surface area contributed by atoms with Gasteiger partial charge in [0.1, 0.15) is 5.69 Å². The van der Waals surface area contributed by atoms with Crippen LogP contribution in [-0.2, 0) is 0 Å². The van der Waals surface area contributed by atoms with Gasteiger partial charge in [-0.1, -0.05) is 19.9 Å². The van der Waals surface area contributed by atoms with Crippen molar-refractivity contribution < 1.29 is 4.92 Å². The third kappa shape index (κ3) is 4.16. The van der Waals surface area contributed by atoms with E-state index in [2.05, 4.69) is 10.3 Å². The Labute approximate surface area is 107 Å². The van der Waals surface area contributed by atoms with Crippen molar-refractivity contribution in [2.24, 2.45) is 4.99 Å². The molecular weight excluding hydrogens is 230 g/mol. The van der Waals surface area contributed by atoms with E-state index in [1.54, 1.807) is 18.3 Å². The van der Waals surface area contributed by atoms with E-state index in [1.807, 2.05) is 19.9 Å². The van der Waals surface area contributed by atoms with Crippen LogP contribution in [0.4, 0.5) is 11.4 Å². The van der Waals surface area contributed by atoms with E-state index in [1.165, 1.54) is 0 Å². The second-order valence-corrected chi connectivity index (χ2v) is 4.00. The second kappa shape index (κ2) is 7.42. The topological polar surface area (TPSA) is 67.5 Å². The van der Waals surface area contributed by atoms with Gasteiger partial charge in [-0.05, 0) is 24.5 Å². The lowest BCUT2D eigenvalue weighted by molar-refractivity contribution is -0.384. The van der Waals surface area contributed by atoms with E-state index in [4.69, 9.17) is 0 Å². The molecule has 0 bridgehead atoms. The zero-order valence-corrected chi connectivity index (χ0v) is 10.8. The Bertz CT molecular complexity index is 430. The first-order chi connectivity index (χ1) is 8.69. The fraction of sp³-hybridized carbons (Fsp3) is 0.462. The molecule has 0 aliphatic heterocycles. The number of nitrogens with zero attached hydrogens (tertiary/aromatic N) is 2. The Kier molecular flexibility index (Phi) is 5.84. The van der Waals surface area contributed by atoms with Crippen LogP contribution in [0.3, 0.4) is 0 Å². The molecule has 5 heteroatoms. The van der Waals surface area contributed by atoms with E-state index in [9.17, 15) is 10.1 Å². The molecule has 0 saturated heterocycles. The van der Waals surface area contributed by atoms with Crippen molar-refractivity contribution in [2.75, 3.05) is 18.4 Å². The molecule has 1 rings (SSSR count). The van der Waals surface area contributed by atoms with E-state index in [0.29, 0.717) is 5.69 Å². The lowest BCUT2D eigenvalue weighted by Crippen LogP contribution is -2.03. The number of rotatable bonds is 7. The second-order valence-electron chi connectivity index (χ2n) is 4.00. The predicted molar refractivity (Wildman–Crippen MR) is 74.6 cm³/mol. The number of nitro benzene ring substituents is 1. The molecule has 5 nitrogen and oxygen atoms in total. The molecule has 18 heavy (non-hydrogen) atoms. The Morgan fingerprint density at radius 1 is 1.39 bits per heavy atom. The number of hydrogen-bond acceptors (Lipinski definition) is 4. The van der Waals surface area contributed by atoms with Gasteiger partial charge in [0.05, 0.1) is 4.92 Å². The number of nitro groups is 1. The molecular formula is C13H19N3O2. The summed E-state index contributed by atoms with van der Waals surface area (Å²) in [5.74, 6) is 0. The first-order valence-electron chi connectivity index (χ1n) is 6.21. The molecule has 0 atom stereocenters. The van der Waals surface area contributed by atoms with Crippen LogP contribution in [0.25, 0.3) is 0 Å². The van der Waals surface area contributed by atoms with Crippen molar-refractivity contribution in [1.82, 2.24) is 0 Å². The fourth-order valence-corrected chi connectivity index (χ4v) is 1.49. The maximum absolute atomic E-state index is 11.0. The van der Waals surface area contributed by atoms with E-state index < -0.39 is 0 Å². The Morgan fingerprint density at radius 3 is 2.78 bits per heavy atom. The van der Waals surface area contributed by atoms with E-state index in [0.717, 1.165) is 31.5 Å². The average molecular weight is 249 g/mol. The van der Waals surface area contributed by atoms with Crippen LogP contribution in [0.15, 0.2) is 23.2 Å². The Hall–Kier alpha value is -1.91. The molecule has 1 N–H and O–H groups in total. The summed E-state index contributed by atoms with van der Waals surface area (Å²) >= 11 is 0. The van der Waals surface area contributed by atoms with Crippen molar-refractivity contribution in [1.29, 1.82) is 0 Å². The molecule has 1 aromatic rings. The van der Waals surface area contributed by atoms with Gasteiger partial charge in [0.25, 0.3) is 5.69 Å². The highest BCUT2D eigenvalue weighted by Gasteiger charge is 2.13. The first kappa shape index (κ1) is 14.2. The molecule has 0 aromatic heterocycles. The molecule has 0 amide bonds. The van der Waals surface area contributed by atoms with Gasteiger partial charge >= 0.3 is 0 Å². The third-order valence-electron chi connectivity index (χ3n) is 2.38. The highest BCUT2D eigenvalue weighted by Crippen LogP contribution is 2.24. The summed E-state index contributed by atoms with van der Waals surface area (Å²) < 4.78 is 0. The molecule has 0 saturated carbocycles. The van der Waals surface area contributed by atoms with E-state index in [-0.39, 0.29) is 10.6 Å². The standard InChI is InChI=1S/C13H19N3O2/c1-3-7-14-10-11-5-6-12(15-8-4-2)13(9-11)16(17)18/h5-6,9-10,15H,3-4,7-8H2,1-2H3/b14-10+. The monoisotopic (exact) mass is 249 g/mol. The van der Waals surface area contributed by atoms with Crippen LogP contribution in [0.2, 0.25) is 0 Å². The van der Waals surface area contributed by atoms with Crippen LogP contribution in [0.5, 0.6) is 0 Å². The van der Waals surface area contributed by atoms with Gasteiger partial charge in [0.15, 0.2) is 0 Å². The highest BCUT2D eigenvalue weighted by molar-refractivity contribution is 5.83. The lowest BCUT2D eigenvalue weighted by atomic mass is 10.2. The molecule has 0 fully saturated rings. The summed E-state index contributed by atoms with van der Waals surface area (Å²) in [6, 6.07) is 5.13. The van der Waals surface area contributed by atoms with Crippen LogP contribution in [-0.4, -0.2) is 24.2 Å². The van der Waals surface area contributed by atoms with Crippen LogP contribution in [0.1, 0.15) is 32.3 Å². The Morgan fingerprint density at radius 2 is 2.17 bits per heavy atom. The predicted octanol–water partition coefficient (Wildman–Crippen LogP) is 3.25. The number of nitrogens with one attached hydrogen (secondary N) is 1. The van der Waals surface area contributed by atoms with Gasteiger partial charge in [-0.25, -0.2) is 0 Å². The van der Waals surface area contributed by atoms with Crippen molar-refractivity contribution in [2.45, 2.75) is 26.7 Å². The summed E-state index contributed by atoms with van der Waals surface area (Å²) in [5, 5.41) is 14.0. The minimum Gasteiger partial charge on any atom is -0.380 e. The number of hydrogen-bond donors (Lipinski definition) is 1. The van der Waals surface area contributed by atoms with Gasteiger partial charge in [0.2, 0.25) is 0 Å². The highest BCUT2D eigenvalue weighted by atomic mass is 16.6. The molecule has 0 heterocycles. The van der Waals surface area contributed by atoms with Crippen LogP contribution in [0, 0.1) is 10.1 Å². The third-order valence-corrected chi connectivity index (χ3v) is 2.38. The summed E-state index contributed by atoms with van der Waals surface area (Å²) in [7, 11) is 0. The fourth-order valence-electron chi connectivity index (χ4n) is 1.49. The molecule has 98 valence electrons. The minimum absolute atomic E-state index is 0.101. The van der Waals surface area contributed by atoms with Gasteiger partial charge in [-0.3, -0.25) is 15.1 Å². The number of anilines is 1. The van der Waals surface area contributed by atoms with Crippen molar-refractivity contribution in [3.63, 3.8) is 0 Å². The average Bonchev–Trinajstić information content (AvgIpc) is 2.37. The number of aliphatic imine (C=N–C) groups is 1. The summed E-state index contributed by atoms with van der Waals surface area (Å²) in [5.41, 5.74) is 1.43. The maximum Gasteiger partial charge on any atom is 0.292 e. The first-order valence-corrected chi connectivity index (χ1v) is 6.21. The van der Waals surface area contributed by atoms with Crippen molar-refractivity contribution in [3.8, 4) is 0 Å². The largest absolute Gasteiger partial charge is 0.380 e. The molecule has 0 spiro atoms. The molecule has 0 radical (unpaired) electrons. The van der Waals surface area contributed by atoms with Crippen molar-refractivity contribution >= 4 is 17.6 Å². The smallest absolute Gasteiger partial charge is 0.292 e. The Balaban J connectivity index is 2.92. The summed E-state index contributed by atoms with van der Waals surface area (Å²) in [6.07, 6.45) is 3.58. The minimum atomic E-state index is -0.366. The van der Waals surface area contributed by atoms with Gasteiger partial charge in [-0.15, -0.1) is 0 Å². The lowest BCUT2D eigenvalue weighted by Gasteiger charge is -2.06. The molecule has 0 unspecified atom stereocenters. The van der Waals surface area contributed by atoms with Gasteiger partial charge in [0, 0.05) is 25.4 Å². The zero-order chi connectivity index (χ0) is 13.4. The van der Waals surface area contributed by atoms with Crippen LogP contribution < -0.4 is 5.32 Å². The summed E-state index contributed by atoms with van der Waals surface area (Å²) in [4.78, 5) is 14.8. The van der Waals surface area contributed by atoms with E-state index >= 15 is 0 Å². The molecule has 0 aliphatic carbocycles. The normalized spacial score (nSPS) is 10.8. The number of benzene rings is 1. The van der Waals surface area contributed by atoms with Crippen molar-refractivity contribution in [3.05, 3.63) is 33.9 Å². The molecule has 0 aliphatic rings. The maximum atomic E-state index is 11.0. The van der Waals surface area contributed by atoms with Crippen LogP contribution >= 0.6 is 0 Å². The van der Waals surface area contributed by atoms with Gasteiger partial charge < -0.3 is 5.32 Å². The van der Waals surface area contributed by atoms with Gasteiger partial charge in [-0.2, -0.15) is 0 Å². The SMILES string of the molecule is CCC/N=C/c1ccc(NCCC)c([N+](=O)[O-])c1. The quantitative estimate of drug-likeness (QED) is 0.458. The summed E-state index contributed by atoms with van der Waals surface area (Å²) in [6.45, 7) is 5.52. The zero-order valence-electron chi connectivity index (χ0n) is 10.8. The molecule has 1 aromatic carbocycles.